The average molecular weight is 479 g/mol. The molecule has 4 aliphatic carbocycles. The second-order valence-electron chi connectivity index (χ2n) is 10.3. The summed E-state index contributed by atoms with van der Waals surface area (Å²) in [6.45, 7) is 3.90. The van der Waals surface area contributed by atoms with Crippen molar-refractivity contribution in [3.8, 4) is 0 Å². The SMILES string of the molecule is C[C@]12C=CC(=O)C=C1CCC1=C2C(=O)C[C@@]2(C)[C@H]1CC[C@]2(OC(=O)c1ccccc1)C(=O)CCl. The maximum atomic E-state index is 13.8. The maximum absolute atomic E-state index is 13.8. The van der Waals surface area contributed by atoms with Crippen molar-refractivity contribution >= 4 is 34.9 Å². The van der Waals surface area contributed by atoms with Crippen LogP contribution in [-0.4, -0.2) is 34.8 Å². The van der Waals surface area contributed by atoms with Crippen LogP contribution in [0.1, 0.15) is 56.3 Å². The third kappa shape index (κ3) is 3.06. The minimum absolute atomic E-state index is 0.0507. The zero-order chi connectivity index (χ0) is 24.3. The summed E-state index contributed by atoms with van der Waals surface area (Å²) in [5.41, 5.74) is 0.156. The van der Waals surface area contributed by atoms with Gasteiger partial charge in [-0.3, -0.25) is 14.4 Å². The quantitative estimate of drug-likeness (QED) is 0.452. The minimum Gasteiger partial charge on any atom is -0.447 e. The van der Waals surface area contributed by atoms with E-state index in [1.165, 1.54) is 6.08 Å². The van der Waals surface area contributed by atoms with Crippen LogP contribution in [0.5, 0.6) is 0 Å². The summed E-state index contributed by atoms with van der Waals surface area (Å²) in [5, 5.41) is 0. The standard InChI is InChI=1S/C28H27ClO5/c1-26-12-10-19(30)14-18(26)8-9-20-21-11-13-28(23(32)16-29,27(21,2)15-22(31)24(20)26)34-25(33)17-6-4-3-5-7-17/h3-7,10,12,14,21H,8-9,11,13,15-16H2,1-2H3/t21-,26-,27-,28-/m0/s1. The summed E-state index contributed by atoms with van der Waals surface area (Å²) in [7, 11) is 0. The summed E-state index contributed by atoms with van der Waals surface area (Å²) in [5.74, 6) is -1.41. The molecule has 1 fully saturated rings. The molecule has 0 spiro atoms. The molecule has 34 heavy (non-hydrogen) atoms. The van der Waals surface area contributed by atoms with Crippen LogP contribution in [0.2, 0.25) is 0 Å². The Labute approximate surface area is 203 Å². The van der Waals surface area contributed by atoms with Gasteiger partial charge in [-0.25, -0.2) is 4.79 Å². The number of fused-ring (bicyclic) bond motifs is 4. The fraction of sp³-hybridized carbons (Fsp3) is 0.429. The zero-order valence-electron chi connectivity index (χ0n) is 19.4. The fourth-order valence-electron chi connectivity index (χ4n) is 6.91. The number of ketones is 3. The van der Waals surface area contributed by atoms with Gasteiger partial charge in [-0.05, 0) is 62.8 Å². The van der Waals surface area contributed by atoms with E-state index in [4.69, 9.17) is 16.3 Å². The second kappa shape index (κ2) is 7.88. The predicted molar refractivity (Wildman–Crippen MR) is 127 cm³/mol. The highest BCUT2D eigenvalue weighted by Gasteiger charge is 2.67. The molecule has 176 valence electrons. The zero-order valence-corrected chi connectivity index (χ0v) is 20.1. The van der Waals surface area contributed by atoms with Gasteiger partial charge in [0.1, 0.15) is 0 Å². The molecule has 1 saturated carbocycles. The van der Waals surface area contributed by atoms with Crippen molar-refractivity contribution in [2.45, 2.75) is 51.6 Å². The summed E-state index contributed by atoms with van der Waals surface area (Å²) in [4.78, 5) is 52.2. The Hall–Kier alpha value is -2.79. The van der Waals surface area contributed by atoms with E-state index in [9.17, 15) is 19.2 Å². The van der Waals surface area contributed by atoms with Crippen molar-refractivity contribution in [2.24, 2.45) is 16.7 Å². The number of carbonyl (C=O) groups excluding carboxylic acids is 4. The molecule has 0 aromatic heterocycles. The number of benzene rings is 1. The van der Waals surface area contributed by atoms with Gasteiger partial charge in [0.05, 0.1) is 11.4 Å². The lowest BCUT2D eigenvalue weighted by atomic mass is 9.53. The fourth-order valence-corrected chi connectivity index (χ4v) is 7.12. The van der Waals surface area contributed by atoms with Gasteiger partial charge in [0.2, 0.25) is 0 Å². The highest BCUT2D eigenvalue weighted by molar-refractivity contribution is 6.29. The van der Waals surface area contributed by atoms with Crippen LogP contribution < -0.4 is 0 Å². The lowest BCUT2D eigenvalue weighted by Crippen LogP contribution is -2.58. The summed E-state index contributed by atoms with van der Waals surface area (Å²) in [6.07, 6.45) is 7.43. The highest BCUT2D eigenvalue weighted by Crippen LogP contribution is 2.64. The lowest BCUT2D eigenvalue weighted by Gasteiger charge is -2.51. The Balaban J connectivity index is 1.60. The summed E-state index contributed by atoms with van der Waals surface area (Å²) >= 11 is 6.06. The third-order valence-corrected chi connectivity index (χ3v) is 8.86. The Morgan fingerprint density at radius 1 is 1.12 bits per heavy atom. The minimum atomic E-state index is -1.46. The molecule has 0 saturated heterocycles. The van der Waals surface area contributed by atoms with Gasteiger partial charge in [0.15, 0.2) is 23.0 Å². The van der Waals surface area contributed by atoms with E-state index in [1.54, 1.807) is 36.4 Å². The number of allylic oxidation sites excluding steroid dienone is 6. The number of Topliss-reactive ketones (excluding diaryl/α,β-unsaturated/α-hetero) is 2. The lowest BCUT2D eigenvalue weighted by molar-refractivity contribution is -0.152. The smallest absolute Gasteiger partial charge is 0.339 e. The molecule has 1 aromatic rings. The molecule has 5 nitrogen and oxygen atoms in total. The number of rotatable bonds is 4. The van der Waals surface area contributed by atoms with Gasteiger partial charge in [-0.1, -0.05) is 42.3 Å². The first-order valence-corrected chi connectivity index (χ1v) is 12.3. The topological polar surface area (TPSA) is 77.5 Å². The molecule has 0 amide bonds. The van der Waals surface area contributed by atoms with Crippen LogP contribution in [-0.2, 0) is 19.1 Å². The molecule has 1 aromatic carbocycles. The molecule has 0 bridgehead atoms. The summed E-state index contributed by atoms with van der Waals surface area (Å²) < 4.78 is 6.07. The van der Waals surface area contributed by atoms with Crippen molar-refractivity contribution < 1.29 is 23.9 Å². The first-order chi connectivity index (χ1) is 16.2. The van der Waals surface area contributed by atoms with Crippen LogP contribution in [0, 0.1) is 16.7 Å². The molecule has 5 rings (SSSR count). The van der Waals surface area contributed by atoms with Crippen molar-refractivity contribution in [2.75, 3.05) is 5.88 Å². The van der Waals surface area contributed by atoms with Crippen molar-refractivity contribution in [1.82, 2.24) is 0 Å². The molecule has 0 radical (unpaired) electrons. The van der Waals surface area contributed by atoms with E-state index >= 15 is 0 Å². The number of ether oxygens (including phenoxy) is 1. The van der Waals surface area contributed by atoms with Crippen LogP contribution in [0.4, 0.5) is 0 Å². The van der Waals surface area contributed by atoms with Crippen LogP contribution >= 0.6 is 11.6 Å². The first kappa shape index (κ1) is 23.0. The maximum Gasteiger partial charge on any atom is 0.339 e. The number of hydrogen-bond donors (Lipinski definition) is 0. The molecule has 0 N–H and O–H groups in total. The molecule has 0 unspecified atom stereocenters. The number of halogens is 1. The molecular weight excluding hydrogens is 452 g/mol. The van der Waals surface area contributed by atoms with Gasteiger partial charge in [0.25, 0.3) is 0 Å². The Morgan fingerprint density at radius 3 is 2.56 bits per heavy atom. The third-order valence-electron chi connectivity index (χ3n) is 8.62. The van der Waals surface area contributed by atoms with Gasteiger partial charge < -0.3 is 4.74 Å². The Kier molecular flexibility index (Phi) is 5.32. The summed E-state index contributed by atoms with van der Waals surface area (Å²) in [6, 6.07) is 8.58. The number of hydrogen-bond acceptors (Lipinski definition) is 5. The van der Waals surface area contributed by atoms with Crippen LogP contribution in [0.25, 0.3) is 0 Å². The van der Waals surface area contributed by atoms with E-state index in [-0.39, 0.29) is 35.6 Å². The predicted octanol–water partition coefficient (Wildman–Crippen LogP) is 4.94. The number of esters is 1. The van der Waals surface area contributed by atoms with Crippen molar-refractivity contribution in [1.29, 1.82) is 0 Å². The van der Waals surface area contributed by atoms with E-state index < -0.39 is 22.4 Å². The largest absolute Gasteiger partial charge is 0.447 e. The molecule has 4 aliphatic rings. The van der Waals surface area contributed by atoms with E-state index in [1.807, 2.05) is 19.9 Å². The van der Waals surface area contributed by atoms with Gasteiger partial charge in [-0.2, -0.15) is 0 Å². The van der Waals surface area contributed by atoms with Crippen molar-refractivity contribution in [3.05, 3.63) is 70.8 Å². The van der Waals surface area contributed by atoms with Gasteiger partial charge in [-0.15, -0.1) is 11.6 Å². The molecule has 0 heterocycles. The first-order valence-electron chi connectivity index (χ1n) is 11.7. The average Bonchev–Trinajstić information content (AvgIpc) is 3.11. The number of alkyl halides is 1. The van der Waals surface area contributed by atoms with Crippen LogP contribution in [0.3, 0.4) is 0 Å². The molecular formula is C28H27ClO5. The van der Waals surface area contributed by atoms with Crippen LogP contribution in [0.15, 0.2) is 65.3 Å². The van der Waals surface area contributed by atoms with Crippen molar-refractivity contribution in [3.63, 3.8) is 0 Å². The van der Waals surface area contributed by atoms with E-state index in [0.29, 0.717) is 31.2 Å². The normalized spacial score (nSPS) is 34.2. The van der Waals surface area contributed by atoms with Gasteiger partial charge in [0, 0.05) is 22.8 Å². The monoisotopic (exact) mass is 478 g/mol. The highest BCUT2D eigenvalue weighted by atomic mass is 35.5. The van der Waals surface area contributed by atoms with E-state index in [0.717, 1.165) is 16.7 Å². The molecule has 4 atom stereocenters. The number of carbonyl (C=O) groups is 4. The second-order valence-corrected chi connectivity index (χ2v) is 10.5. The van der Waals surface area contributed by atoms with E-state index in [2.05, 4.69) is 0 Å². The molecule has 6 heteroatoms. The Bertz CT molecular complexity index is 1210. The Morgan fingerprint density at radius 2 is 1.85 bits per heavy atom. The van der Waals surface area contributed by atoms with Gasteiger partial charge >= 0.3 is 5.97 Å². The molecule has 0 aliphatic heterocycles.